The first kappa shape index (κ1) is 20.0. The third-order valence-electron chi connectivity index (χ3n) is 3.92. The summed E-state index contributed by atoms with van der Waals surface area (Å²) < 4.78 is 1.61. The molecule has 8 heteroatoms. The van der Waals surface area contributed by atoms with Gasteiger partial charge in [-0.25, -0.2) is 4.98 Å². The van der Waals surface area contributed by atoms with Crippen molar-refractivity contribution in [3.8, 4) is 0 Å². The standard InChI is InChI=1S/C18H24N4O3S/c1-11-5-12(2)17(13(3)6-11)21-16(25)10-26-18-20-7-14(9-23)22(18)8-15(24)19-4/h5-7,23H,8-10H2,1-4H3,(H,19,24)(H,21,25). The van der Waals surface area contributed by atoms with E-state index in [4.69, 9.17) is 0 Å². The largest absolute Gasteiger partial charge is 0.390 e. The fourth-order valence-corrected chi connectivity index (χ4v) is 3.51. The van der Waals surface area contributed by atoms with Gasteiger partial charge in [0.05, 0.1) is 24.3 Å². The fourth-order valence-electron chi connectivity index (χ4n) is 2.71. The highest BCUT2D eigenvalue weighted by Crippen LogP contribution is 2.23. The summed E-state index contributed by atoms with van der Waals surface area (Å²) in [7, 11) is 1.55. The molecule has 2 aromatic rings. The van der Waals surface area contributed by atoms with E-state index in [-0.39, 0.29) is 30.7 Å². The second-order valence-corrected chi connectivity index (χ2v) is 7.00. The smallest absolute Gasteiger partial charge is 0.239 e. The van der Waals surface area contributed by atoms with Crippen molar-refractivity contribution in [2.75, 3.05) is 18.1 Å². The van der Waals surface area contributed by atoms with E-state index in [9.17, 15) is 14.7 Å². The molecule has 0 unspecified atom stereocenters. The molecule has 2 amide bonds. The third kappa shape index (κ3) is 4.86. The predicted octanol–water partition coefficient (Wildman–Crippen LogP) is 1.78. The molecule has 0 aliphatic rings. The van der Waals surface area contributed by atoms with Gasteiger partial charge in [-0.05, 0) is 31.9 Å². The first-order valence-electron chi connectivity index (χ1n) is 8.22. The average molecular weight is 376 g/mol. The molecular weight excluding hydrogens is 352 g/mol. The maximum atomic E-state index is 12.3. The Morgan fingerprint density at radius 3 is 2.42 bits per heavy atom. The molecule has 0 bridgehead atoms. The highest BCUT2D eigenvalue weighted by molar-refractivity contribution is 7.99. The molecule has 0 spiro atoms. The molecule has 3 N–H and O–H groups in total. The van der Waals surface area contributed by atoms with Crippen molar-refractivity contribution in [1.82, 2.24) is 14.9 Å². The zero-order valence-corrected chi connectivity index (χ0v) is 16.2. The van der Waals surface area contributed by atoms with Gasteiger partial charge in [0.25, 0.3) is 0 Å². The maximum Gasteiger partial charge on any atom is 0.239 e. The topological polar surface area (TPSA) is 96.2 Å². The number of imidazole rings is 1. The van der Waals surface area contributed by atoms with Crippen LogP contribution < -0.4 is 10.6 Å². The lowest BCUT2D eigenvalue weighted by molar-refractivity contribution is -0.121. The zero-order valence-electron chi connectivity index (χ0n) is 15.4. The van der Waals surface area contributed by atoms with E-state index < -0.39 is 0 Å². The predicted molar refractivity (Wildman–Crippen MR) is 102 cm³/mol. The van der Waals surface area contributed by atoms with Gasteiger partial charge in [-0.1, -0.05) is 29.5 Å². The summed E-state index contributed by atoms with van der Waals surface area (Å²) in [5, 5.41) is 15.4. The Morgan fingerprint density at radius 1 is 1.19 bits per heavy atom. The number of aliphatic hydroxyl groups is 1. The number of aromatic nitrogens is 2. The molecule has 2 rings (SSSR count). The van der Waals surface area contributed by atoms with E-state index in [1.54, 1.807) is 11.6 Å². The molecule has 0 radical (unpaired) electrons. The number of carbonyl (C=O) groups is 2. The van der Waals surface area contributed by atoms with E-state index in [0.29, 0.717) is 10.9 Å². The molecular formula is C18H24N4O3S. The molecule has 0 saturated carbocycles. The molecule has 0 fully saturated rings. The Labute approximate surface area is 157 Å². The molecule has 26 heavy (non-hydrogen) atoms. The van der Waals surface area contributed by atoms with Crippen molar-refractivity contribution in [1.29, 1.82) is 0 Å². The lowest BCUT2D eigenvalue weighted by atomic mass is 10.1. The van der Waals surface area contributed by atoms with E-state index in [2.05, 4.69) is 15.6 Å². The number of thioether (sulfide) groups is 1. The molecule has 0 aliphatic carbocycles. The summed E-state index contributed by atoms with van der Waals surface area (Å²) in [6.07, 6.45) is 1.51. The number of carbonyl (C=O) groups excluding carboxylic acids is 2. The Balaban J connectivity index is 2.06. The SMILES string of the molecule is CNC(=O)Cn1c(CO)cnc1SCC(=O)Nc1c(C)cc(C)cc1C. The second-order valence-electron chi connectivity index (χ2n) is 6.06. The Morgan fingerprint density at radius 2 is 1.85 bits per heavy atom. The van der Waals surface area contributed by atoms with E-state index >= 15 is 0 Å². The summed E-state index contributed by atoms with van der Waals surface area (Å²) in [4.78, 5) is 28.2. The molecule has 0 saturated heterocycles. The van der Waals surface area contributed by atoms with Crippen LogP contribution in [0.3, 0.4) is 0 Å². The van der Waals surface area contributed by atoms with E-state index in [0.717, 1.165) is 22.4 Å². The quantitative estimate of drug-likeness (QED) is 0.640. The minimum atomic E-state index is -0.224. The van der Waals surface area contributed by atoms with Gasteiger partial charge in [-0.3, -0.25) is 9.59 Å². The van der Waals surface area contributed by atoms with E-state index in [1.165, 1.54) is 18.0 Å². The number of hydrogen-bond donors (Lipinski definition) is 3. The maximum absolute atomic E-state index is 12.3. The minimum absolute atomic E-state index is 0.0481. The van der Waals surface area contributed by atoms with Gasteiger partial charge in [0, 0.05) is 12.7 Å². The Bertz CT molecular complexity index is 794. The summed E-state index contributed by atoms with van der Waals surface area (Å²) in [5.41, 5.74) is 4.54. The number of aryl methyl sites for hydroxylation is 3. The number of amides is 2. The first-order chi connectivity index (χ1) is 12.3. The van der Waals surface area contributed by atoms with E-state index in [1.807, 2.05) is 32.9 Å². The number of aliphatic hydroxyl groups excluding tert-OH is 1. The van der Waals surface area contributed by atoms with Crippen molar-refractivity contribution >= 4 is 29.3 Å². The summed E-state index contributed by atoms with van der Waals surface area (Å²) >= 11 is 1.23. The summed E-state index contributed by atoms with van der Waals surface area (Å²) in [5.74, 6) is -0.192. The van der Waals surface area contributed by atoms with Gasteiger partial charge in [-0.15, -0.1) is 0 Å². The number of likely N-dealkylation sites (N-methyl/N-ethyl adjacent to an activating group) is 1. The number of rotatable bonds is 7. The van der Waals surface area contributed by atoms with Crippen LogP contribution in [0.25, 0.3) is 0 Å². The Kier molecular flexibility index (Phi) is 6.82. The number of hydrogen-bond acceptors (Lipinski definition) is 5. The zero-order chi connectivity index (χ0) is 19.3. The molecule has 1 aromatic heterocycles. The lowest BCUT2D eigenvalue weighted by Crippen LogP contribution is -2.25. The van der Waals surface area contributed by atoms with Gasteiger partial charge >= 0.3 is 0 Å². The van der Waals surface area contributed by atoms with Gasteiger partial charge in [-0.2, -0.15) is 0 Å². The van der Waals surface area contributed by atoms with Crippen molar-refractivity contribution < 1.29 is 14.7 Å². The van der Waals surface area contributed by atoms with Gasteiger partial charge in [0.2, 0.25) is 11.8 Å². The van der Waals surface area contributed by atoms with Crippen LogP contribution in [-0.2, 0) is 22.7 Å². The van der Waals surface area contributed by atoms with Gasteiger partial charge in [0.1, 0.15) is 6.54 Å². The average Bonchev–Trinajstić information content (AvgIpc) is 2.97. The monoisotopic (exact) mass is 376 g/mol. The highest BCUT2D eigenvalue weighted by atomic mass is 32.2. The van der Waals surface area contributed by atoms with Crippen LogP contribution in [0.15, 0.2) is 23.5 Å². The summed E-state index contributed by atoms with van der Waals surface area (Å²) in [6.45, 7) is 5.77. The van der Waals surface area contributed by atoms with Crippen LogP contribution in [0.1, 0.15) is 22.4 Å². The number of nitrogens with zero attached hydrogens (tertiary/aromatic N) is 2. The lowest BCUT2D eigenvalue weighted by Gasteiger charge is -2.13. The molecule has 0 aliphatic heterocycles. The Hall–Kier alpha value is -2.32. The van der Waals surface area contributed by atoms with Crippen LogP contribution in [0.2, 0.25) is 0 Å². The van der Waals surface area contributed by atoms with Gasteiger partial charge < -0.3 is 20.3 Å². The van der Waals surface area contributed by atoms with Crippen LogP contribution in [0.5, 0.6) is 0 Å². The fraction of sp³-hybridized carbons (Fsp3) is 0.389. The number of benzene rings is 1. The molecule has 1 aromatic carbocycles. The van der Waals surface area contributed by atoms with Crippen molar-refractivity contribution in [2.24, 2.45) is 0 Å². The molecule has 140 valence electrons. The third-order valence-corrected chi connectivity index (χ3v) is 4.91. The van der Waals surface area contributed by atoms with Crippen molar-refractivity contribution in [3.63, 3.8) is 0 Å². The molecule has 0 atom stereocenters. The molecule has 1 heterocycles. The number of nitrogens with one attached hydrogen (secondary N) is 2. The number of anilines is 1. The van der Waals surface area contributed by atoms with Crippen LogP contribution in [0.4, 0.5) is 5.69 Å². The highest BCUT2D eigenvalue weighted by Gasteiger charge is 2.15. The van der Waals surface area contributed by atoms with Gasteiger partial charge in [0.15, 0.2) is 5.16 Å². The first-order valence-corrected chi connectivity index (χ1v) is 9.20. The van der Waals surface area contributed by atoms with Crippen LogP contribution >= 0.6 is 11.8 Å². The van der Waals surface area contributed by atoms with Crippen molar-refractivity contribution in [2.45, 2.75) is 39.1 Å². The summed E-state index contributed by atoms with van der Waals surface area (Å²) in [6, 6.07) is 4.05. The van der Waals surface area contributed by atoms with Crippen LogP contribution in [0, 0.1) is 20.8 Å². The second kappa shape index (κ2) is 8.86. The normalized spacial score (nSPS) is 10.7. The minimum Gasteiger partial charge on any atom is -0.390 e. The van der Waals surface area contributed by atoms with Crippen molar-refractivity contribution in [3.05, 3.63) is 40.7 Å². The van der Waals surface area contributed by atoms with Crippen LogP contribution in [-0.4, -0.2) is 39.3 Å². The molecule has 7 nitrogen and oxygen atoms in total.